The van der Waals surface area contributed by atoms with Gasteiger partial charge in [-0.3, -0.25) is 4.90 Å². The van der Waals surface area contributed by atoms with Crippen LogP contribution in [0, 0.1) is 0 Å². The van der Waals surface area contributed by atoms with Gasteiger partial charge in [0.1, 0.15) is 11.6 Å². The van der Waals surface area contributed by atoms with E-state index in [9.17, 15) is 0 Å². The van der Waals surface area contributed by atoms with Crippen LogP contribution in [0.2, 0.25) is 0 Å². The van der Waals surface area contributed by atoms with Crippen LogP contribution < -0.4 is 5.73 Å². The number of hydrogen-bond acceptors (Lipinski definition) is 5. The van der Waals surface area contributed by atoms with Crippen molar-refractivity contribution in [2.75, 3.05) is 39.5 Å². The SMILES string of the molecule is CN1CCN(C)C(c2nc(N)c(Br)c(C3CCCC3)n2)C1. The Bertz CT molecular complexity index is 515. The normalized spacial score (nSPS) is 25.6. The minimum atomic E-state index is 0.235. The molecule has 3 rings (SSSR count). The van der Waals surface area contributed by atoms with Crippen LogP contribution in [0.3, 0.4) is 0 Å². The van der Waals surface area contributed by atoms with Crippen LogP contribution in [0.5, 0.6) is 0 Å². The highest BCUT2D eigenvalue weighted by Crippen LogP contribution is 2.39. The van der Waals surface area contributed by atoms with Gasteiger partial charge >= 0.3 is 0 Å². The molecule has 1 aromatic heterocycles. The van der Waals surface area contributed by atoms with Crippen LogP contribution in [-0.2, 0) is 0 Å². The predicted molar refractivity (Wildman–Crippen MR) is 88.2 cm³/mol. The van der Waals surface area contributed by atoms with Crippen molar-refractivity contribution in [2.24, 2.45) is 0 Å². The Kier molecular flexibility index (Phi) is 4.47. The minimum Gasteiger partial charge on any atom is -0.383 e. The molecular weight excluding hydrogens is 330 g/mol. The van der Waals surface area contributed by atoms with Gasteiger partial charge in [-0.05, 0) is 42.9 Å². The number of halogens is 1. The molecule has 0 amide bonds. The van der Waals surface area contributed by atoms with Crippen molar-refractivity contribution in [1.29, 1.82) is 0 Å². The summed E-state index contributed by atoms with van der Waals surface area (Å²) in [5.74, 6) is 2.00. The number of likely N-dealkylation sites (N-methyl/N-ethyl adjacent to an activating group) is 2. The number of nitrogen functional groups attached to an aromatic ring is 1. The third-order valence-corrected chi connectivity index (χ3v) is 5.62. The maximum absolute atomic E-state index is 6.15. The number of nitrogens with two attached hydrogens (primary N) is 1. The van der Waals surface area contributed by atoms with Crippen molar-refractivity contribution in [3.63, 3.8) is 0 Å². The van der Waals surface area contributed by atoms with Gasteiger partial charge in [0.2, 0.25) is 0 Å². The van der Waals surface area contributed by atoms with E-state index in [2.05, 4.69) is 44.8 Å². The second kappa shape index (κ2) is 6.18. The maximum atomic E-state index is 6.15. The van der Waals surface area contributed by atoms with Crippen molar-refractivity contribution in [3.05, 3.63) is 16.0 Å². The van der Waals surface area contributed by atoms with Crippen LogP contribution in [-0.4, -0.2) is 53.5 Å². The van der Waals surface area contributed by atoms with E-state index in [1.807, 2.05) is 0 Å². The average molecular weight is 354 g/mol. The third kappa shape index (κ3) is 3.07. The van der Waals surface area contributed by atoms with E-state index in [0.717, 1.165) is 35.6 Å². The van der Waals surface area contributed by atoms with E-state index in [1.165, 1.54) is 25.7 Å². The molecule has 1 unspecified atom stereocenters. The zero-order valence-electron chi connectivity index (χ0n) is 12.8. The summed E-state index contributed by atoms with van der Waals surface area (Å²) in [6, 6.07) is 0.235. The molecule has 1 aromatic rings. The Morgan fingerprint density at radius 3 is 2.57 bits per heavy atom. The first-order valence-corrected chi connectivity index (χ1v) is 8.57. The van der Waals surface area contributed by atoms with Crippen molar-refractivity contribution < 1.29 is 0 Å². The first-order valence-electron chi connectivity index (χ1n) is 7.78. The Morgan fingerprint density at radius 2 is 1.86 bits per heavy atom. The van der Waals surface area contributed by atoms with Gasteiger partial charge in [-0.15, -0.1) is 0 Å². The minimum absolute atomic E-state index is 0.235. The van der Waals surface area contributed by atoms with Gasteiger partial charge in [0, 0.05) is 25.6 Å². The molecular formula is C15H24BrN5. The second-order valence-corrected chi connectivity index (χ2v) is 7.20. The fourth-order valence-electron chi connectivity index (χ4n) is 3.41. The lowest BCUT2D eigenvalue weighted by molar-refractivity contribution is 0.109. The van der Waals surface area contributed by atoms with E-state index in [0.29, 0.717) is 11.7 Å². The van der Waals surface area contributed by atoms with Crippen molar-refractivity contribution in [2.45, 2.75) is 37.6 Å². The average Bonchev–Trinajstić information content (AvgIpc) is 2.98. The molecule has 1 saturated carbocycles. The van der Waals surface area contributed by atoms with Gasteiger partial charge in [-0.1, -0.05) is 12.8 Å². The van der Waals surface area contributed by atoms with Crippen molar-refractivity contribution in [1.82, 2.24) is 19.8 Å². The zero-order chi connectivity index (χ0) is 15.0. The molecule has 1 saturated heterocycles. The van der Waals surface area contributed by atoms with E-state index < -0.39 is 0 Å². The lowest BCUT2D eigenvalue weighted by Gasteiger charge is -2.37. The van der Waals surface area contributed by atoms with Gasteiger partial charge in [0.05, 0.1) is 16.2 Å². The summed E-state index contributed by atoms with van der Waals surface area (Å²) in [4.78, 5) is 14.2. The van der Waals surface area contributed by atoms with E-state index >= 15 is 0 Å². The molecule has 6 heteroatoms. The molecule has 2 N–H and O–H groups in total. The van der Waals surface area contributed by atoms with Crippen LogP contribution in [0.25, 0.3) is 0 Å². The number of hydrogen-bond donors (Lipinski definition) is 1. The highest BCUT2D eigenvalue weighted by atomic mass is 79.9. The Hall–Kier alpha value is -0.720. The highest BCUT2D eigenvalue weighted by Gasteiger charge is 2.29. The Balaban J connectivity index is 1.94. The van der Waals surface area contributed by atoms with Crippen LogP contribution >= 0.6 is 15.9 Å². The molecule has 2 aliphatic rings. The molecule has 21 heavy (non-hydrogen) atoms. The topological polar surface area (TPSA) is 58.3 Å². The summed E-state index contributed by atoms with van der Waals surface area (Å²) in [7, 11) is 4.30. The predicted octanol–water partition coefficient (Wildman–Crippen LogP) is 2.40. The van der Waals surface area contributed by atoms with Crippen molar-refractivity contribution >= 4 is 21.7 Å². The number of nitrogens with zero attached hydrogens (tertiary/aromatic N) is 4. The second-order valence-electron chi connectivity index (χ2n) is 6.41. The number of rotatable bonds is 2. The lowest BCUT2D eigenvalue weighted by atomic mass is 10.0. The fourth-order valence-corrected chi connectivity index (χ4v) is 3.91. The van der Waals surface area contributed by atoms with Gasteiger partial charge in [0.15, 0.2) is 0 Å². The maximum Gasteiger partial charge on any atom is 0.149 e. The van der Waals surface area contributed by atoms with E-state index in [1.54, 1.807) is 0 Å². The molecule has 1 atom stereocenters. The molecule has 5 nitrogen and oxygen atoms in total. The summed E-state index contributed by atoms with van der Waals surface area (Å²) in [6.45, 7) is 3.09. The van der Waals surface area contributed by atoms with E-state index in [4.69, 9.17) is 10.7 Å². The summed E-state index contributed by atoms with van der Waals surface area (Å²) in [5, 5.41) is 0. The molecule has 0 aromatic carbocycles. The number of anilines is 1. The van der Waals surface area contributed by atoms with Crippen LogP contribution in [0.1, 0.15) is 49.2 Å². The summed E-state index contributed by atoms with van der Waals surface area (Å²) < 4.78 is 0.907. The molecule has 0 bridgehead atoms. The van der Waals surface area contributed by atoms with Crippen LogP contribution in [0.4, 0.5) is 5.82 Å². The zero-order valence-corrected chi connectivity index (χ0v) is 14.4. The highest BCUT2D eigenvalue weighted by molar-refractivity contribution is 9.10. The summed E-state index contributed by atoms with van der Waals surface area (Å²) >= 11 is 3.60. The monoisotopic (exact) mass is 353 g/mol. The lowest BCUT2D eigenvalue weighted by Crippen LogP contribution is -2.45. The number of piperazine rings is 1. The molecule has 1 aliphatic heterocycles. The van der Waals surface area contributed by atoms with E-state index in [-0.39, 0.29) is 6.04 Å². The van der Waals surface area contributed by atoms with Gasteiger partial charge in [-0.25, -0.2) is 9.97 Å². The molecule has 2 heterocycles. The summed E-state index contributed by atoms with van der Waals surface area (Å²) in [6.07, 6.45) is 5.02. The molecule has 1 aliphatic carbocycles. The quantitative estimate of drug-likeness (QED) is 0.884. The molecule has 116 valence electrons. The molecule has 0 spiro atoms. The largest absolute Gasteiger partial charge is 0.383 e. The first-order chi connectivity index (χ1) is 10.1. The van der Waals surface area contributed by atoms with Crippen LogP contribution in [0.15, 0.2) is 4.47 Å². The fraction of sp³-hybridized carbons (Fsp3) is 0.733. The molecule has 0 radical (unpaired) electrons. The van der Waals surface area contributed by atoms with Gasteiger partial charge in [0.25, 0.3) is 0 Å². The molecule has 2 fully saturated rings. The van der Waals surface area contributed by atoms with Gasteiger partial charge < -0.3 is 10.6 Å². The Labute approximate surface area is 135 Å². The third-order valence-electron chi connectivity index (χ3n) is 4.81. The standard InChI is InChI=1S/C15H24BrN5/c1-20-7-8-21(2)11(9-20)15-18-13(10-5-3-4-6-10)12(16)14(17)19-15/h10-11H,3-9H2,1-2H3,(H2,17,18,19). The smallest absolute Gasteiger partial charge is 0.149 e. The van der Waals surface area contributed by atoms with Gasteiger partial charge in [-0.2, -0.15) is 0 Å². The Morgan fingerprint density at radius 1 is 1.14 bits per heavy atom. The first kappa shape index (κ1) is 15.2. The summed E-state index contributed by atoms with van der Waals surface area (Å²) in [5.41, 5.74) is 7.27. The van der Waals surface area contributed by atoms with Crippen molar-refractivity contribution in [3.8, 4) is 0 Å². The number of aromatic nitrogens is 2.